The van der Waals surface area contributed by atoms with Crippen LogP contribution < -0.4 is 0 Å². The maximum absolute atomic E-state index is 12.5. The van der Waals surface area contributed by atoms with Crippen molar-refractivity contribution in [2.75, 3.05) is 7.05 Å². The first-order chi connectivity index (χ1) is 11.3. The SMILES string of the molecule is Cc1ccccc1CN(C)C(=O)c1cc([N+](=O)[O-])cc([N+](=O)[O-])c1. The van der Waals surface area contributed by atoms with E-state index in [4.69, 9.17) is 0 Å². The Hall–Kier alpha value is -3.29. The zero-order valence-electron chi connectivity index (χ0n) is 13.1. The van der Waals surface area contributed by atoms with Gasteiger partial charge in [-0.05, 0) is 18.1 Å². The van der Waals surface area contributed by atoms with Crippen LogP contribution in [-0.4, -0.2) is 27.7 Å². The number of benzene rings is 2. The fourth-order valence-corrected chi connectivity index (χ4v) is 2.26. The van der Waals surface area contributed by atoms with Gasteiger partial charge in [-0.15, -0.1) is 0 Å². The van der Waals surface area contributed by atoms with Gasteiger partial charge >= 0.3 is 0 Å². The number of non-ortho nitro benzene ring substituents is 2. The lowest BCUT2D eigenvalue weighted by molar-refractivity contribution is -0.394. The molecule has 0 spiro atoms. The van der Waals surface area contributed by atoms with E-state index in [-0.39, 0.29) is 5.56 Å². The lowest BCUT2D eigenvalue weighted by Crippen LogP contribution is -2.26. The lowest BCUT2D eigenvalue weighted by Gasteiger charge is -2.18. The van der Waals surface area contributed by atoms with Gasteiger partial charge in [0.1, 0.15) is 0 Å². The second-order valence-corrected chi connectivity index (χ2v) is 5.34. The number of nitrogens with zero attached hydrogens (tertiary/aromatic N) is 3. The van der Waals surface area contributed by atoms with Gasteiger partial charge in [-0.25, -0.2) is 0 Å². The van der Waals surface area contributed by atoms with Crippen molar-refractivity contribution in [3.05, 3.63) is 79.4 Å². The Morgan fingerprint density at radius 3 is 2.08 bits per heavy atom. The van der Waals surface area contributed by atoms with E-state index in [0.717, 1.165) is 29.3 Å². The highest BCUT2D eigenvalue weighted by molar-refractivity contribution is 5.95. The number of aryl methyl sites for hydroxylation is 1. The van der Waals surface area contributed by atoms with E-state index < -0.39 is 27.1 Å². The van der Waals surface area contributed by atoms with Gasteiger partial charge in [0.2, 0.25) is 0 Å². The van der Waals surface area contributed by atoms with Crippen LogP contribution in [0.4, 0.5) is 11.4 Å². The summed E-state index contributed by atoms with van der Waals surface area (Å²) in [5.74, 6) is -0.523. The van der Waals surface area contributed by atoms with Crippen molar-refractivity contribution in [3.63, 3.8) is 0 Å². The van der Waals surface area contributed by atoms with Gasteiger partial charge in [-0.3, -0.25) is 25.0 Å². The van der Waals surface area contributed by atoms with Crippen molar-refractivity contribution in [2.24, 2.45) is 0 Å². The minimum absolute atomic E-state index is 0.0908. The summed E-state index contributed by atoms with van der Waals surface area (Å²) in [6, 6.07) is 10.4. The number of rotatable bonds is 5. The van der Waals surface area contributed by atoms with Crippen LogP contribution in [0.3, 0.4) is 0 Å². The molecule has 8 heteroatoms. The van der Waals surface area contributed by atoms with E-state index >= 15 is 0 Å². The quantitative estimate of drug-likeness (QED) is 0.619. The van der Waals surface area contributed by atoms with Crippen LogP contribution in [0.15, 0.2) is 42.5 Å². The van der Waals surface area contributed by atoms with Gasteiger partial charge < -0.3 is 4.90 Å². The van der Waals surface area contributed by atoms with Gasteiger partial charge in [-0.1, -0.05) is 24.3 Å². The molecule has 0 fully saturated rings. The molecule has 0 saturated carbocycles. The Labute approximate surface area is 137 Å². The number of hydrogen-bond donors (Lipinski definition) is 0. The van der Waals surface area contributed by atoms with Crippen molar-refractivity contribution in [1.29, 1.82) is 0 Å². The second-order valence-electron chi connectivity index (χ2n) is 5.34. The third-order valence-corrected chi connectivity index (χ3v) is 3.59. The molecule has 0 unspecified atom stereocenters. The molecule has 124 valence electrons. The van der Waals surface area contributed by atoms with E-state index in [1.807, 2.05) is 31.2 Å². The summed E-state index contributed by atoms with van der Waals surface area (Å²) in [5, 5.41) is 21.8. The Morgan fingerprint density at radius 2 is 1.58 bits per heavy atom. The molecule has 0 N–H and O–H groups in total. The standard InChI is InChI=1S/C16H15N3O5/c1-11-5-3-4-6-12(11)10-17(2)16(20)13-7-14(18(21)22)9-15(8-13)19(23)24/h3-9H,10H2,1-2H3. The molecular weight excluding hydrogens is 314 g/mol. The molecule has 0 aliphatic carbocycles. The van der Waals surface area contributed by atoms with Crippen LogP contribution in [0.5, 0.6) is 0 Å². The molecular formula is C16H15N3O5. The maximum atomic E-state index is 12.5. The monoisotopic (exact) mass is 329 g/mol. The van der Waals surface area contributed by atoms with Crippen LogP contribution in [0.2, 0.25) is 0 Å². The molecule has 2 rings (SSSR count). The molecule has 0 saturated heterocycles. The molecule has 0 bridgehead atoms. The van der Waals surface area contributed by atoms with Crippen LogP contribution in [0, 0.1) is 27.2 Å². The van der Waals surface area contributed by atoms with E-state index in [9.17, 15) is 25.0 Å². The van der Waals surface area contributed by atoms with Gasteiger partial charge in [0.05, 0.1) is 21.5 Å². The van der Waals surface area contributed by atoms with E-state index in [1.165, 1.54) is 4.90 Å². The number of carbonyl (C=O) groups excluding carboxylic acids is 1. The summed E-state index contributed by atoms with van der Waals surface area (Å²) in [4.78, 5) is 34.2. The normalized spacial score (nSPS) is 10.2. The third-order valence-electron chi connectivity index (χ3n) is 3.59. The number of hydrogen-bond acceptors (Lipinski definition) is 5. The van der Waals surface area contributed by atoms with Crippen LogP contribution in [0.25, 0.3) is 0 Å². The predicted octanol–water partition coefficient (Wildman–Crippen LogP) is 3.08. The third kappa shape index (κ3) is 3.72. The second kappa shape index (κ2) is 6.86. The topological polar surface area (TPSA) is 107 Å². The Kier molecular flexibility index (Phi) is 4.88. The largest absolute Gasteiger partial charge is 0.337 e. The van der Waals surface area contributed by atoms with Crippen LogP contribution >= 0.6 is 0 Å². The Balaban J connectivity index is 2.33. The first kappa shape index (κ1) is 17.1. The Morgan fingerprint density at radius 1 is 1.04 bits per heavy atom. The van der Waals surface area contributed by atoms with Crippen molar-refractivity contribution in [2.45, 2.75) is 13.5 Å². The average Bonchev–Trinajstić information content (AvgIpc) is 2.55. The highest BCUT2D eigenvalue weighted by Gasteiger charge is 2.22. The Bertz CT molecular complexity index is 787. The van der Waals surface area contributed by atoms with Crippen molar-refractivity contribution in [3.8, 4) is 0 Å². The molecule has 8 nitrogen and oxygen atoms in total. The van der Waals surface area contributed by atoms with Gasteiger partial charge in [0.25, 0.3) is 17.3 Å². The fourth-order valence-electron chi connectivity index (χ4n) is 2.26. The average molecular weight is 329 g/mol. The smallest absolute Gasteiger partial charge is 0.277 e. The molecule has 0 aliphatic heterocycles. The summed E-state index contributed by atoms with van der Waals surface area (Å²) in [6.07, 6.45) is 0. The van der Waals surface area contributed by atoms with Crippen LogP contribution in [0.1, 0.15) is 21.5 Å². The number of nitro benzene ring substituents is 2. The number of carbonyl (C=O) groups is 1. The first-order valence-electron chi connectivity index (χ1n) is 7.03. The molecule has 0 heterocycles. The summed E-state index contributed by atoms with van der Waals surface area (Å²) in [6.45, 7) is 2.20. The summed E-state index contributed by atoms with van der Waals surface area (Å²) in [5.41, 5.74) is 0.858. The first-order valence-corrected chi connectivity index (χ1v) is 7.03. The van der Waals surface area contributed by atoms with Crippen LogP contribution in [-0.2, 0) is 6.54 Å². The zero-order chi connectivity index (χ0) is 17.9. The molecule has 24 heavy (non-hydrogen) atoms. The fraction of sp³-hybridized carbons (Fsp3) is 0.188. The molecule has 0 aromatic heterocycles. The maximum Gasteiger partial charge on any atom is 0.277 e. The van der Waals surface area contributed by atoms with Crippen molar-refractivity contribution >= 4 is 17.3 Å². The number of nitro groups is 2. The van der Waals surface area contributed by atoms with Gasteiger partial charge in [-0.2, -0.15) is 0 Å². The van der Waals surface area contributed by atoms with E-state index in [0.29, 0.717) is 6.54 Å². The molecule has 2 aromatic rings. The molecule has 0 atom stereocenters. The summed E-state index contributed by atoms with van der Waals surface area (Å²) >= 11 is 0. The molecule has 1 amide bonds. The van der Waals surface area contributed by atoms with E-state index in [2.05, 4.69) is 0 Å². The van der Waals surface area contributed by atoms with Crippen molar-refractivity contribution < 1.29 is 14.6 Å². The van der Waals surface area contributed by atoms with Gasteiger partial charge in [0.15, 0.2) is 0 Å². The highest BCUT2D eigenvalue weighted by atomic mass is 16.6. The van der Waals surface area contributed by atoms with E-state index in [1.54, 1.807) is 7.05 Å². The van der Waals surface area contributed by atoms with Crippen molar-refractivity contribution in [1.82, 2.24) is 4.90 Å². The summed E-state index contributed by atoms with van der Waals surface area (Å²) < 4.78 is 0. The zero-order valence-corrected chi connectivity index (χ0v) is 13.1. The lowest BCUT2D eigenvalue weighted by atomic mass is 10.1. The number of amides is 1. The minimum Gasteiger partial charge on any atom is -0.337 e. The predicted molar refractivity (Wildman–Crippen MR) is 86.7 cm³/mol. The molecule has 0 aliphatic rings. The molecule has 2 aromatic carbocycles. The highest BCUT2D eigenvalue weighted by Crippen LogP contribution is 2.24. The van der Waals surface area contributed by atoms with Gasteiger partial charge in [0, 0.05) is 25.7 Å². The molecule has 0 radical (unpaired) electrons. The summed E-state index contributed by atoms with van der Waals surface area (Å²) in [7, 11) is 1.54. The minimum atomic E-state index is -0.759.